The first-order chi connectivity index (χ1) is 12.2. The molecule has 1 aliphatic heterocycles. The van der Waals surface area contributed by atoms with E-state index in [0.717, 1.165) is 44.3 Å². The molecule has 0 amide bonds. The zero-order valence-corrected chi connectivity index (χ0v) is 15.4. The average molecular weight is 340 g/mol. The smallest absolute Gasteiger partial charge is 0.193 e. The molecule has 2 N–H and O–H groups in total. The largest absolute Gasteiger partial charge is 0.356 e. The van der Waals surface area contributed by atoms with Gasteiger partial charge in [-0.2, -0.15) is 5.10 Å². The number of hydrogen-bond acceptors (Lipinski definition) is 3. The summed E-state index contributed by atoms with van der Waals surface area (Å²) in [5.41, 5.74) is 2.66. The zero-order valence-electron chi connectivity index (χ0n) is 15.4. The summed E-state index contributed by atoms with van der Waals surface area (Å²) in [6.45, 7) is 7.24. The summed E-state index contributed by atoms with van der Waals surface area (Å²) in [5.74, 6) is 2.93. The molecule has 1 aromatic heterocycles. The highest BCUT2D eigenvalue weighted by atomic mass is 15.3. The number of H-pyrrole nitrogens is 1. The van der Waals surface area contributed by atoms with Crippen LogP contribution in [0, 0.1) is 6.92 Å². The number of guanidine groups is 1. The molecule has 0 saturated carbocycles. The fraction of sp³-hybridized carbons (Fsp3) is 0.526. The summed E-state index contributed by atoms with van der Waals surface area (Å²) in [7, 11) is 1.86. The summed E-state index contributed by atoms with van der Waals surface area (Å²) >= 11 is 0. The Hall–Kier alpha value is -2.37. The lowest BCUT2D eigenvalue weighted by Crippen LogP contribution is -2.46. The highest BCUT2D eigenvalue weighted by Gasteiger charge is 2.24. The van der Waals surface area contributed by atoms with Gasteiger partial charge in [0, 0.05) is 32.6 Å². The van der Waals surface area contributed by atoms with Crippen LogP contribution in [0.3, 0.4) is 0 Å². The first-order valence-electron chi connectivity index (χ1n) is 9.04. The van der Waals surface area contributed by atoms with Gasteiger partial charge >= 0.3 is 0 Å². The summed E-state index contributed by atoms with van der Waals surface area (Å²) < 4.78 is 0. The molecular weight excluding hydrogens is 312 g/mol. The van der Waals surface area contributed by atoms with Crippen LogP contribution in [0.5, 0.6) is 0 Å². The number of piperidine rings is 1. The maximum Gasteiger partial charge on any atom is 0.193 e. The predicted octanol–water partition coefficient (Wildman–Crippen LogP) is 2.67. The van der Waals surface area contributed by atoms with Gasteiger partial charge in [0.05, 0.1) is 0 Å². The van der Waals surface area contributed by atoms with Crippen molar-refractivity contribution in [3.05, 3.63) is 47.5 Å². The quantitative estimate of drug-likeness (QED) is 0.663. The lowest BCUT2D eigenvalue weighted by molar-refractivity contribution is 0.298. The van der Waals surface area contributed by atoms with Crippen molar-refractivity contribution in [3.63, 3.8) is 0 Å². The minimum absolute atomic E-state index is 0.448. The molecule has 0 bridgehead atoms. The number of hydrogen-bond donors (Lipinski definition) is 2. The molecule has 1 unspecified atom stereocenters. The van der Waals surface area contributed by atoms with Crippen LogP contribution in [0.25, 0.3) is 0 Å². The zero-order chi connectivity index (χ0) is 17.6. The maximum atomic E-state index is 4.47. The Labute approximate surface area is 149 Å². The number of aromatic amines is 1. The third-order valence-corrected chi connectivity index (χ3v) is 5.04. The van der Waals surface area contributed by atoms with Crippen LogP contribution in [0.2, 0.25) is 0 Å². The van der Waals surface area contributed by atoms with Crippen molar-refractivity contribution in [3.8, 4) is 0 Å². The van der Waals surface area contributed by atoms with Crippen LogP contribution in [-0.2, 0) is 0 Å². The van der Waals surface area contributed by atoms with E-state index in [1.807, 2.05) is 7.05 Å². The normalized spacial score (nSPS) is 17.6. The molecule has 6 heteroatoms. The summed E-state index contributed by atoms with van der Waals surface area (Å²) in [4.78, 5) is 11.1. The second-order valence-corrected chi connectivity index (χ2v) is 6.87. The van der Waals surface area contributed by atoms with Crippen molar-refractivity contribution < 1.29 is 0 Å². The first kappa shape index (κ1) is 17.5. The Kier molecular flexibility index (Phi) is 5.68. The number of likely N-dealkylation sites (tertiary alicyclic amines) is 1. The number of rotatable bonds is 4. The second-order valence-electron chi connectivity index (χ2n) is 6.87. The molecule has 1 fully saturated rings. The van der Waals surface area contributed by atoms with Gasteiger partial charge in [-0.05, 0) is 31.2 Å². The molecule has 0 aliphatic carbocycles. The van der Waals surface area contributed by atoms with E-state index in [9.17, 15) is 0 Å². The van der Waals surface area contributed by atoms with E-state index in [2.05, 4.69) is 68.5 Å². The Balaban J connectivity index is 1.50. The molecule has 2 heterocycles. The third kappa shape index (κ3) is 4.38. The Morgan fingerprint density at radius 2 is 2.04 bits per heavy atom. The van der Waals surface area contributed by atoms with Crippen molar-refractivity contribution >= 4 is 5.96 Å². The van der Waals surface area contributed by atoms with Crippen LogP contribution < -0.4 is 5.32 Å². The summed E-state index contributed by atoms with van der Waals surface area (Å²) in [6, 6.07) is 8.78. The van der Waals surface area contributed by atoms with Crippen LogP contribution in [0.15, 0.2) is 35.6 Å². The van der Waals surface area contributed by atoms with Crippen LogP contribution in [-0.4, -0.2) is 52.7 Å². The van der Waals surface area contributed by atoms with E-state index in [1.54, 1.807) is 6.33 Å². The van der Waals surface area contributed by atoms with Crippen molar-refractivity contribution in [2.75, 3.05) is 26.7 Å². The SMILES string of the molecule is CN=C(NCC(C)c1ccc(C)cc1)N1CCC(c2ncn[nH]2)CC1. The van der Waals surface area contributed by atoms with Gasteiger partial charge < -0.3 is 10.2 Å². The van der Waals surface area contributed by atoms with Crippen molar-refractivity contribution in [1.82, 2.24) is 25.4 Å². The first-order valence-corrected chi connectivity index (χ1v) is 9.04. The number of aryl methyl sites for hydroxylation is 1. The van der Waals surface area contributed by atoms with E-state index in [0.29, 0.717) is 11.8 Å². The van der Waals surface area contributed by atoms with Gasteiger partial charge in [0.15, 0.2) is 5.96 Å². The van der Waals surface area contributed by atoms with Gasteiger partial charge in [-0.25, -0.2) is 4.98 Å². The molecule has 134 valence electrons. The molecule has 2 aromatic rings. The topological polar surface area (TPSA) is 69.2 Å². The highest BCUT2D eigenvalue weighted by molar-refractivity contribution is 5.80. The number of aliphatic imine (C=N–C) groups is 1. The van der Waals surface area contributed by atoms with Gasteiger partial charge in [-0.1, -0.05) is 36.8 Å². The van der Waals surface area contributed by atoms with Gasteiger partial charge in [0.25, 0.3) is 0 Å². The Bertz CT molecular complexity index is 668. The monoisotopic (exact) mass is 340 g/mol. The number of benzene rings is 1. The van der Waals surface area contributed by atoms with E-state index in [4.69, 9.17) is 0 Å². The summed E-state index contributed by atoms with van der Waals surface area (Å²) in [5, 5.41) is 10.5. The van der Waals surface area contributed by atoms with Gasteiger partial charge in [0.1, 0.15) is 12.2 Å². The summed E-state index contributed by atoms with van der Waals surface area (Å²) in [6.07, 6.45) is 3.74. The number of nitrogens with one attached hydrogen (secondary N) is 2. The van der Waals surface area contributed by atoms with Crippen molar-refractivity contribution in [1.29, 1.82) is 0 Å². The molecule has 1 atom stereocenters. The molecule has 6 nitrogen and oxygen atoms in total. The van der Waals surface area contributed by atoms with E-state index >= 15 is 0 Å². The van der Waals surface area contributed by atoms with Crippen LogP contribution >= 0.6 is 0 Å². The van der Waals surface area contributed by atoms with E-state index < -0.39 is 0 Å². The minimum atomic E-state index is 0.448. The van der Waals surface area contributed by atoms with Crippen LogP contribution in [0.4, 0.5) is 0 Å². The van der Waals surface area contributed by atoms with Crippen molar-refractivity contribution in [2.45, 2.75) is 38.5 Å². The Morgan fingerprint density at radius 1 is 1.32 bits per heavy atom. The second kappa shape index (κ2) is 8.14. The van der Waals surface area contributed by atoms with Gasteiger partial charge in [-0.3, -0.25) is 10.1 Å². The maximum absolute atomic E-state index is 4.47. The number of aromatic nitrogens is 3. The fourth-order valence-electron chi connectivity index (χ4n) is 3.37. The standard InChI is InChI=1S/C19H28N6/c1-14-4-6-16(7-5-14)15(2)12-21-19(20-3)25-10-8-17(9-11-25)18-22-13-23-24-18/h4-7,13,15,17H,8-12H2,1-3H3,(H,20,21)(H,22,23,24). The molecule has 3 rings (SSSR count). The van der Waals surface area contributed by atoms with Gasteiger partial charge in [0.2, 0.25) is 0 Å². The molecule has 0 radical (unpaired) electrons. The third-order valence-electron chi connectivity index (χ3n) is 5.04. The molecule has 1 aromatic carbocycles. The molecule has 1 aliphatic rings. The lowest BCUT2D eigenvalue weighted by Gasteiger charge is -2.33. The minimum Gasteiger partial charge on any atom is -0.356 e. The van der Waals surface area contributed by atoms with E-state index in [-0.39, 0.29) is 0 Å². The highest BCUT2D eigenvalue weighted by Crippen LogP contribution is 2.25. The van der Waals surface area contributed by atoms with Crippen LogP contribution in [0.1, 0.15) is 48.6 Å². The van der Waals surface area contributed by atoms with Gasteiger partial charge in [-0.15, -0.1) is 0 Å². The molecule has 1 saturated heterocycles. The van der Waals surface area contributed by atoms with E-state index in [1.165, 1.54) is 11.1 Å². The van der Waals surface area contributed by atoms with Crippen molar-refractivity contribution in [2.24, 2.45) is 4.99 Å². The molecule has 25 heavy (non-hydrogen) atoms. The fourth-order valence-corrected chi connectivity index (χ4v) is 3.37. The Morgan fingerprint density at radius 3 is 2.64 bits per heavy atom. The molecule has 0 spiro atoms. The average Bonchev–Trinajstić information content (AvgIpc) is 3.18. The molecular formula is C19H28N6. The predicted molar refractivity (Wildman–Crippen MR) is 101 cm³/mol. The number of nitrogens with zero attached hydrogens (tertiary/aromatic N) is 4. The lowest BCUT2D eigenvalue weighted by atomic mass is 9.96.